The lowest BCUT2D eigenvalue weighted by molar-refractivity contribution is -0.227. The van der Waals surface area contributed by atoms with Crippen LogP contribution in [0.3, 0.4) is 0 Å². The van der Waals surface area contributed by atoms with Gasteiger partial charge in [-0.1, -0.05) is 0 Å². The predicted molar refractivity (Wildman–Crippen MR) is 99.1 cm³/mol. The molecule has 4 atom stereocenters. The summed E-state index contributed by atoms with van der Waals surface area (Å²) < 4.78 is 72.0. The van der Waals surface area contributed by atoms with Crippen molar-refractivity contribution < 1.29 is 36.6 Å². The Morgan fingerprint density at radius 3 is 2.60 bits per heavy atom. The number of carbonyl (C=O) groups is 1. The highest BCUT2D eigenvalue weighted by atomic mass is 19.4. The highest BCUT2D eigenvalue weighted by Crippen LogP contribution is 2.51. The molecular weight excluding hydrogens is 410 g/mol. The average molecular weight is 433 g/mol. The molecule has 1 aromatic carbocycles. The third kappa shape index (κ3) is 4.16. The number of alkyl carbamates (subject to hydrolysis) is 1. The molecule has 2 aliphatic heterocycles. The summed E-state index contributed by atoms with van der Waals surface area (Å²) in [5, 5.41) is 2.09. The van der Waals surface area contributed by atoms with Crippen LogP contribution in [-0.4, -0.2) is 42.7 Å². The lowest BCUT2D eigenvalue weighted by Gasteiger charge is -2.41. The standard InChI is InChI=1S/C19H23F4N3O4/c1-9-13-14(19(21,22)23)29-15(25-16(27)30-17(2,3)4)26-18(13,8-28-9)11-7-10(24)5-6-12(11)20/h5-7,9,13-14H,8,24H2,1-4H3,(H,25,26,27)/t9?,13?,14-,18?/m0/s1. The van der Waals surface area contributed by atoms with Gasteiger partial charge in [0.2, 0.25) is 6.10 Å². The van der Waals surface area contributed by atoms with Crippen LogP contribution in [0.5, 0.6) is 0 Å². The first-order valence-electron chi connectivity index (χ1n) is 9.23. The van der Waals surface area contributed by atoms with E-state index in [1.54, 1.807) is 20.8 Å². The number of carbonyl (C=O) groups excluding carboxylic acids is 1. The SMILES string of the molecule is CC1OCC2(c3cc(N)ccc3F)N=C(NC(=O)OC(C)(C)C)O[C@H](C(F)(F)F)C12. The maximum Gasteiger partial charge on any atom is 0.426 e. The summed E-state index contributed by atoms with van der Waals surface area (Å²) in [6.45, 7) is 5.83. The van der Waals surface area contributed by atoms with Crippen molar-refractivity contribution >= 4 is 17.8 Å². The van der Waals surface area contributed by atoms with Gasteiger partial charge in [-0.05, 0) is 45.9 Å². The van der Waals surface area contributed by atoms with Crippen molar-refractivity contribution in [3.05, 3.63) is 29.6 Å². The van der Waals surface area contributed by atoms with Gasteiger partial charge in [0.1, 0.15) is 17.0 Å². The van der Waals surface area contributed by atoms with Crippen molar-refractivity contribution in [2.24, 2.45) is 10.9 Å². The van der Waals surface area contributed by atoms with Crippen molar-refractivity contribution in [2.75, 3.05) is 12.3 Å². The van der Waals surface area contributed by atoms with Crippen LogP contribution in [0.1, 0.15) is 33.3 Å². The second kappa shape index (κ2) is 7.29. The second-order valence-electron chi connectivity index (χ2n) is 8.33. The number of ether oxygens (including phenoxy) is 3. The van der Waals surface area contributed by atoms with Crippen LogP contribution in [0.25, 0.3) is 0 Å². The molecule has 7 nitrogen and oxygen atoms in total. The van der Waals surface area contributed by atoms with E-state index in [1.807, 2.05) is 0 Å². The summed E-state index contributed by atoms with van der Waals surface area (Å²) in [4.78, 5) is 16.3. The zero-order chi connectivity index (χ0) is 22.5. The first kappa shape index (κ1) is 22.1. The number of benzene rings is 1. The van der Waals surface area contributed by atoms with Crippen LogP contribution in [0.2, 0.25) is 0 Å². The number of nitrogens with one attached hydrogen (secondary N) is 1. The van der Waals surface area contributed by atoms with Gasteiger partial charge in [0.05, 0.1) is 18.6 Å². The average Bonchev–Trinajstić information content (AvgIpc) is 2.91. The number of alkyl halides is 3. The summed E-state index contributed by atoms with van der Waals surface area (Å²) in [7, 11) is 0. The Bertz CT molecular complexity index is 868. The molecule has 3 rings (SSSR count). The molecule has 3 unspecified atom stereocenters. The smallest absolute Gasteiger partial charge is 0.426 e. The number of amides is 1. The molecule has 0 aliphatic carbocycles. The van der Waals surface area contributed by atoms with Gasteiger partial charge in [-0.15, -0.1) is 0 Å². The number of hydrogen-bond donors (Lipinski definition) is 2. The van der Waals surface area contributed by atoms with Gasteiger partial charge in [-0.25, -0.2) is 19.5 Å². The molecule has 1 fully saturated rings. The summed E-state index contributed by atoms with van der Waals surface area (Å²) in [6, 6.07) is 2.82. The number of fused-ring (bicyclic) bond motifs is 1. The Balaban J connectivity index is 2.12. The van der Waals surface area contributed by atoms with E-state index in [1.165, 1.54) is 19.1 Å². The van der Waals surface area contributed by atoms with Crippen molar-refractivity contribution in [3.8, 4) is 0 Å². The van der Waals surface area contributed by atoms with Crippen LogP contribution < -0.4 is 11.1 Å². The Labute approximate surface area is 170 Å². The van der Waals surface area contributed by atoms with Gasteiger partial charge >= 0.3 is 12.3 Å². The van der Waals surface area contributed by atoms with Crippen molar-refractivity contribution in [2.45, 2.75) is 57.2 Å². The van der Waals surface area contributed by atoms with E-state index in [4.69, 9.17) is 19.9 Å². The third-order valence-corrected chi connectivity index (χ3v) is 4.88. The summed E-state index contributed by atoms with van der Waals surface area (Å²) >= 11 is 0. The molecule has 0 bridgehead atoms. The van der Waals surface area contributed by atoms with Gasteiger partial charge in [-0.2, -0.15) is 13.2 Å². The van der Waals surface area contributed by atoms with Gasteiger partial charge in [0.15, 0.2) is 0 Å². The van der Waals surface area contributed by atoms with Crippen LogP contribution in [0.15, 0.2) is 23.2 Å². The molecule has 30 heavy (non-hydrogen) atoms. The van der Waals surface area contributed by atoms with Crippen LogP contribution in [0, 0.1) is 11.7 Å². The number of nitrogens with zero attached hydrogens (tertiary/aromatic N) is 1. The highest BCUT2D eigenvalue weighted by molar-refractivity contribution is 5.91. The minimum absolute atomic E-state index is 0.144. The fourth-order valence-electron chi connectivity index (χ4n) is 3.76. The second-order valence-corrected chi connectivity index (χ2v) is 8.33. The number of aliphatic imine (C=N–C) groups is 1. The maximum atomic E-state index is 14.7. The number of rotatable bonds is 1. The summed E-state index contributed by atoms with van der Waals surface area (Å²) in [5.74, 6) is -2.20. The number of nitrogens with two attached hydrogens (primary N) is 1. The molecule has 3 N–H and O–H groups in total. The van der Waals surface area contributed by atoms with Crippen LogP contribution in [0.4, 0.5) is 28.0 Å². The van der Waals surface area contributed by atoms with E-state index in [2.05, 4.69) is 10.3 Å². The largest absolute Gasteiger partial charge is 0.451 e. The fraction of sp³-hybridized carbons (Fsp3) is 0.579. The Morgan fingerprint density at radius 2 is 2.00 bits per heavy atom. The van der Waals surface area contributed by atoms with E-state index in [0.717, 1.165) is 6.07 Å². The van der Waals surface area contributed by atoms with Gasteiger partial charge < -0.3 is 19.9 Å². The zero-order valence-corrected chi connectivity index (χ0v) is 16.8. The molecule has 2 aliphatic rings. The molecule has 0 aromatic heterocycles. The van der Waals surface area contributed by atoms with E-state index in [0.29, 0.717) is 0 Å². The zero-order valence-electron chi connectivity index (χ0n) is 16.8. The topological polar surface area (TPSA) is 95.2 Å². The number of nitrogen functional groups attached to an aromatic ring is 1. The normalized spacial score (nSPS) is 28.9. The fourth-order valence-corrected chi connectivity index (χ4v) is 3.76. The van der Waals surface area contributed by atoms with E-state index >= 15 is 0 Å². The molecule has 1 aromatic rings. The van der Waals surface area contributed by atoms with Gasteiger partial charge in [0, 0.05) is 11.3 Å². The summed E-state index contributed by atoms with van der Waals surface area (Å²) in [5.41, 5.74) is 3.02. The molecule has 0 saturated carbocycles. The molecule has 0 radical (unpaired) electrons. The molecular formula is C19H23F4N3O4. The number of anilines is 1. The van der Waals surface area contributed by atoms with E-state index in [-0.39, 0.29) is 17.9 Å². The Hall–Kier alpha value is -2.56. The first-order valence-corrected chi connectivity index (χ1v) is 9.23. The molecule has 0 spiro atoms. The van der Waals surface area contributed by atoms with Crippen molar-refractivity contribution in [3.63, 3.8) is 0 Å². The monoisotopic (exact) mass is 433 g/mol. The van der Waals surface area contributed by atoms with E-state index < -0.39 is 53.4 Å². The molecule has 2 heterocycles. The lowest BCUT2D eigenvalue weighted by atomic mass is 9.74. The molecule has 11 heteroatoms. The van der Waals surface area contributed by atoms with Gasteiger partial charge in [0.25, 0.3) is 6.02 Å². The van der Waals surface area contributed by atoms with Crippen LogP contribution >= 0.6 is 0 Å². The quantitative estimate of drug-likeness (QED) is 0.522. The number of halogens is 4. The van der Waals surface area contributed by atoms with Crippen molar-refractivity contribution in [1.29, 1.82) is 0 Å². The Morgan fingerprint density at radius 1 is 1.33 bits per heavy atom. The first-order chi connectivity index (χ1) is 13.7. The minimum Gasteiger partial charge on any atom is -0.451 e. The van der Waals surface area contributed by atoms with Crippen LogP contribution in [-0.2, 0) is 19.7 Å². The van der Waals surface area contributed by atoms with Gasteiger partial charge in [-0.3, -0.25) is 0 Å². The number of amidine groups is 1. The number of hydrogen-bond acceptors (Lipinski definition) is 6. The minimum atomic E-state index is -4.84. The predicted octanol–water partition coefficient (Wildman–Crippen LogP) is 3.48. The van der Waals surface area contributed by atoms with Crippen molar-refractivity contribution in [1.82, 2.24) is 5.32 Å². The molecule has 1 saturated heterocycles. The maximum absolute atomic E-state index is 14.7. The lowest BCUT2D eigenvalue weighted by Crippen LogP contribution is -2.57. The summed E-state index contributed by atoms with van der Waals surface area (Å²) in [6.07, 6.45) is -9.26. The molecule has 166 valence electrons. The third-order valence-electron chi connectivity index (χ3n) is 4.88. The Kier molecular flexibility index (Phi) is 5.38. The highest BCUT2D eigenvalue weighted by Gasteiger charge is 2.64. The molecule has 1 amide bonds. The van der Waals surface area contributed by atoms with E-state index in [9.17, 15) is 22.4 Å².